The average Bonchev–Trinajstić information content (AvgIpc) is 2.35. The number of carbonyl (C=O) groups excluding carboxylic acids is 2. The van der Waals surface area contributed by atoms with Gasteiger partial charge in [-0.3, -0.25) is 10.1 Å². The summed E-state index contributed by atoms with van der Waals surface area (Å²) in [4.78, 5) is 24.3. The first-order chi connectivity index (χ1) is 8.61. The number of carbonyl (C=O) groups is 2. The van der Waals surface area contributed by atoms with Gasteiger partial charge in [0.15, 0.2) is 6.61 Å². The maximum absolute atomic E-state index is 11.5. The fourth-order valence-corrected chi connectivity index (χ4v) is 1.63. The lowest BCUT2D eigenvalue weighted by atomic mass is 10.2. The molecule has 6 heteroatoms. The van der Waals surface area contributed by atoms with Gasteiger partial charge < -0.3 is 14.4 Å². The largest absolute Gasteiger partial charge is 0.482 e. The fourth-order valence-electron chi connectivity index (χ4n) is 1.63. The van der Waals surface area contributed by atoms with E-state index in [4.69, 9.17) is 9.47 Å². The molecule has 1 aromatic carbocycles. The van der Waals surface area contributed by atoms with E-state index in [0.717, 1.165) is 0 Å². The Morgan fingerprint density at radius 3 is 3.06 bits per heavy atom. The van der Waals surface area contributed by atoms with Gasteiger partial charge in [-0.15, -0.1) is 0 Å². The number of nitrogens with one attached hydrogen (secondary N) is 1. The molecule has 0 bridgehead atoms. The van der Waals surface area contributed by atoms with Crippen molar-refractivity contribution < 1.29 is 19.1 Å². The normalized spacial score (nSPS) is 13.7. The van der Waals surface area contributed by atoms with Gasteiger partial charge in [-0.2, -0.15) is 0 Å². The van der Waals surface area contributed by atoms with Crippen LogP contribution in [0.1, 0.15) is 6.92 Å². The van der Waals surface area contributed by atoms with Crippen LogP contribution in [0.2, 0.25) is 0 Å². The molecule has 0 atom stereocenters. The lowest BCUT2D eigenvalue weighted by Crippen LogP contribution is -2.35. The molecule has 0 spiro atoms. The Morgan fingerprint density at radius 2 is 2.33 bits per heavy atom. The molecule has 6 nitrogen and oxygen atoms in total. The van der Waals surface area contributed by atoms with Crippen molar-refractivity contribution in [2.75, 3.05) is 30.5 Å². The van der Waals surface area contributed by atoms with Crippen molar-refractivity contribution >= 4 is 23.4 Å². The molecule has 0 fully saturated rings. The van der Waals surface area contributed by atoms with E-state index in [1.807, 2.05) is 0 Å². The maximum Gasteiger partial charge on any atom is 0.411 e. The zero-order valence-corrected chi connectivity index (χ0v) is 10.2. The molecule has 1 aliphatic heterocycles. The molecule has 1 aliphatic rings. The van der Waals surface area contributed by atoms with Crippen molar-refractivity contribution in [2.45, 2.75) is 6.92 Å². The summed E-state index contributed by atoms with van der Waals surface area (Å²) in [7, 11) is 1.66. The molecule has 0 aromatic heterocycles. The Kier molecular flexibility index (Phi) is 3.36. The Labute approximate surface area is 104 Å². The Balaban J connectivity index is 2.21. The van der Waals surface area contributed by atoms with Crippen molar-refractivity contribution in [2.24, 2.45) is 0 Å². The average molecular weight is 250 g/mol. The highest BCUT2D eigenvalue weighted by molar-refractivity contribution is 5.98. The van der Waals surface area contributed by atoms with Crippen LogP contribution in [0.15, 0.2) is 18.2 Å². The van der Waals surface area contributed by atoms with E-state index in [9.17, 15) is 9.59 Å². The lowest BCUT2D eigenvalue weighted by molar-refractivity contribution is -0.120. The highest BCUT2D eigenvalue weighted by Crippen LogP contribution is 2.33. The molecule has 0 radical (unpaired) electrons. The van der Waals surface area contributed by atoms with Crippen LogP contribution in [-0.2, 0) is 9.53 Å². The third-order valence-electron chi connectivity index (χ3n) is 2.57. The number of nitrogens with zero attached hydrogens (tertiary/aromatic N) is 1. The minimum Gasteiger partial charge on any atom is -0.482 e. The predicted octanol–water partition coefficient (Wildman–Crippen LogP) is 1.61. The molecule has 1 N–H and O–H groups in total. The van der Waals surface area contributed by atoms with Crippen LogP contribution < -0.4 is 15.0 Å². The van der Waals surface area contributed by atoms with Crippen molar-refractivity contribution in [3.05, 3.63) is 18.2 Å². The first-order valence-electron chi connectivity index (χ1n) is 5.59. The fraction of sp³-hybridized carbons (Fsp3) is 0.333. The summed E-state index contributed by atoms with van der Waals surface area (Å²) >= 11 is 0. The van der Waals surface area contributed by atoms with Gasteiger partial charge in [0, 0.05) is 12.7 Å². The van der Waals surface area contributed by atoms with E-state index < -0.39 is 6.09 Å². The minimum absolute atomic E-state index is 0.0359. The number of hydrogen-bond acceptors (Lipinski definition) is 4. The molecule has 96 valence electrons. The van der Waals surface area contributed by atoms with Crippen LogP contribution in [-0.4, -0.2) is 32.3 Å². The monoisotopic (exact) mass is 250 g/mol. The summed E-state index contributed by atoms with van der Waals surface area (Å²) in [6, 6.07) is 5.07. The topological polar surface area (TPSA) is 67.9 Å². The second-order valence-electron chi connectivity index (χ2n) is 3.77. The third kappa shape index (κ3) is 2.37. The number of anilines is 2. The predicted molar refractivity (Wildman–Crippen MR) is 66.0 cm³/mol. The van der Waals surface area contributed by atoms with Crippen LogP contribution in [0.4, 0.5) is 16.2 Å². The van der Waals surface area contributed by atoms with E-state index in [2.05, 4.69) is 5.32 Å². The van der Waals surface area contributed by atoms with Crippen LogP contribution in [0.5, 0.6) is 5.75 Å². The van der Waals surface area contributed by atoms with Crippen LogP contribution >= 0.6 is 0 Å². The first kappa shape index (κ1) is 12.2. The second-order valence-corrected chi connectivity index (χ2v) is 3.77. The van der Waals surface area contributed by atoms with Gasteiger partial charge in [-0.25, -0.2) is 4.79 Å². The van der Waals surface area contributed by atoms with Gasteiger partial charge in [-0.1, -0.05) is 0 Å². The van der Waals surface area contributed by atoms with Crippen molar-refractivity contribution in [1.82, 2.24) is 0 Å². The van der Waals surface area contributed by atoms with Gasteiger partial charge in [0.25, 0.3) is 5.91 Å². The molecule has 1 heterocycles. The van der Waals surface area contributed by atoms with E-state index >= 15 is 0 Å². The van der Waals surface area contributed by atoms with Gasteiger partial charge in [-0.05, 0) is 25.1 Å². The minimum atomic E-state index is -0.525. The number of hydrogen-bond donors (Lipinski definition) is 1. The number of likely N-dealkylation sites (N-methyl/N-ethyl adjacent to an activating group) is 1. The number of benzene rings is 1. The maximum atomic E-state index is 11.5. The quantitative estimate of drug-likeness (QED) is 0.865. The van der Waals surface area contributed by atoms with E-state index in [-0.39, 0.29) is 12.5 Å². The summed E-state index contributed by atoms with van der Waals surface area (Å²) in [6.45, 7) is 2.07. The SMILES string of the molecule is CCOC(=O)Nc1ccc2c(c1)N(C)C(=O)CO2. The molecular formula is C12H14N2O4. The highest BCUT2D eigenvalue weighted by Gasteiger charge is 2.22. The van der Waals surface area contributed by atoms with Crippen molar-refractivity contribution in [3.63, 3.8) is 0 Å². The molecule has 0 unspecified atom stereocenters. The summed E-state index contributed by atoms with van der Waals surface area (Å²) < 4.78 is 10.1. The van der Waals surface area contributed by atoms with Crippen LogP contribution in [0.25, 0.3) is 0 Å². The van der Waals surface area contributed by atoms with Crippen LogP contribution in [0, 0.1) is 0 Å². The molecule has 0 saturated heterocycles. The molecular weight excluding hydrogens is 236 g/mol. The van der Waals surface area contributed by atoms with Gasteiger partial charge in [0.1, 0.15) is 5.75 Å². The van der Waals surface area contributed by atoms with Crippen molar-refractivity contribution in [3.8, 4) is 5.75 Å². The molecule has 2 rings (SSSR count). The lowest BCUT2D eigenvalue weighted by Gasteiger charge is -2.26. The number of amides is 2. The smallest absolute Gasteiger partial charge is 0.411 e. The number of fused-ring (bicyclic) bond motifs is 1. The Bertz CT molecular complexity index is 487. The number of rotatable bonds is 2. The Hall–Kier alpha value is -2.24. The zero-order valence-electron chi connectivity index (χ0n) is 10.2. The van der Waals surface area contributed by atoms with Gasteiger partial charge in [0.2, 0.25) is 0 Å². The highest BCUT2D eigenvalue weighted by atomic mass is 16.5. The molecule has 18 heavy (non-hydrogen) atoms. The zero-order chi connectivity index (χ0) is 13.1. The second kappa shape index (κ2) is 4.95. The van der Waals surface area contributed by atoms with E-state index in [0.29, 0.717) is 23.7 Å². The first-order valence-corrected chi connectivity index (χ1v) is 5.59. The summed E-state index contributed by atoms with van der Waals surface area (Å²) in [5, 5.41) is 2.57. The third-order valence-corrected chi connectivity index (χ3v) is 2.57. The summed E-state index contributed by atoms with van der Waals surface area (Å²) in [5.41, 5.74) is 1.18. The Morgan fingerprint density at radius 1 is 1.56 bits per heavy atom. The molecule has 0 saturated carbocycles. The standard InChI is InChI=1S/C12H14N2O4/c1-3-17-12(16)13-8-4-5-10-9(6-8)14(2)11(15)7-18-10/h4-6H,3,7H2,1-2H3,(H,13,16). The van der Waals surface area contributed by atoms with Crippen LogP contribution in [0.3, 0.4) is 0 Å². The van der Waals surface area contributed by atoms with E-state index in [1.54, 1.807) is 32.2 Å². The molecule has 0 aliphatic carbocycles. The van der Waals surface area contributed by atoms with E-state index in [1.165, 1.54) is 4.90 Å². The number of ether oxygens (including phenoxy) is 2. The summed E-state index contributed by atoms with van der Waals surface area (Å²) in [6.07, 6.45) is -0.525. The van der Waals surface area contributed by atoms with Gasteiger partial charge in [0.05, 0.1) is 12.3 Å². The van der Waals surface area contributed by atoms with Crippen molar-refractivity contribution in [1.29, 1.82) is 0 Å². The van der Waals surface area contributed by atoms with Gasteiger partial charge >= 0.3 is 6.09 Å². The molecule has 2 amide bonds. The molecule has 1 aromatic rings. The summed E-state index contributed by atoms with van der Waals surface area (Å²) in [5.74, 6) is 0.488.